The summed E-state index contributed by atoms with van der Waals surface area (Å²) >= 11 is 0. The van der Waals surface area contributed by atoms with Crippen LogP contribution in [0.1, 0.15) is 41.5 Å². The first-order chi connectivity index (χ1) is 5.21. The minimum atomic E-state index is 0. The lowest BCUT2D eigenvalue weighted by Gasteiger charge is -2.08. The van der Waals surface area contributed by atoms with Crippen molar-refractivity contribution in [3.05, 3.63) is 24.3 Å². The Morgan fingerprint density at radius 1 is 0.750 bits per heavy atom. The van der Waals surface area contributed by atoms with Gasteiger partial charge in [-0.15, -0.1) is 0 Å². The van der Waals surface area contributed by atoms with Crippen LogP contribution in [0.25, 0.3) is 0 Å². The van der Waals surface area contributed by atoms with Gasteiger partial charge in [-0.2, -0.15) is 0 Å². The van der Waals surface area contributed by atoms with Crippen LogP contribution in [-0.4, -0.2) is 8.41 Å². The molecule has 1 aliphatic rings. The Morgan fingerprint density at radius 3 is 1.08 bits per heavy atom. The van der Waals surface area contributed by atoms with Gasteiger partial charge in [0.05, 0.1) is 0 Å². The lowest BCUT2D eigenvalue weighted by molar-refractivity contribution is 0.636. The molecule has 0 heterocycles. The Kier molecular flexibility index (Phi) is 15.4. The number of allylic oxidation sites excluding steroid dienone is 4. The molecule has 0 spiro atoms. The molecule has 0 fully saturated rings. The molecule has 0 saturated carbocycles. The summed E-state index contributed by atoms with van der Waals surface area (Å²) in [6.45, 7) is 12.4. The van der Waals surface area contributed by atoms with E-state index in [1.165, 1.54) is 0 Å². The second-order valence-electron chi connectivity index (χ2n) is 2.54. The van der Waals surface area contributed by atoms with Gasteiger partial charge in [-0.05, 0) is 0 Å². The largest absolute Gasteiger partial charge is 0.0751 e. The Bertz CT molecular complexity index is 107. The van der Waals surface area contributed by atoms with E-state index in [-0.39, 0.29) is 8.41 Å². The molecule has 1 aliphatic carbocycles. The van der Waals surface area contributed by atoms with Crippen LogP contribution < -0.4 is 0 Å². The highest BCUT2D eigenvalue weighted by molar-refractivity contribution is 5.75. The van der Waals surface area contributed by atoms with Crippen LogP contribution in [0.4, 0.5) is 0 Å². The fourth-order valence-corrected chi connectivity index (χ4v) is 0.663. The Morgan fingerprint density at radius 2 is 1.00 bits per heavy atom. The van der Waals surface area contributed by atoms with Gasteiger partial charge < -0.3 is 0 Å². The van der Waals surface area contributed by atoms with Gasteiger partial charge in [0, 0.05) is 13.8 Å². The molecule has 1 rings (SSSR count). The topological polar surface area (TPSA) is 0 Å². The van der Waals surface area contributed by atoms with E-state index in [4.69, 9.17) is 0 Å². The fourth-order valence-electron chi connectivity index (χ4n) is 0.663. The minimum Gasteiger partial charge on any atom is -0.0751 e. The monoisotopic (exact) mass is 165 g/mol. The van der Waals surface area contributed by atoms with Gasteiger partial charge in [-0.1, -0.05) is 65.8 Å². The Balaban J connectivity index is -0.000000144. The molecule has 0 aromatic heterocycles. The molecule has 0 aromatic rings. The van der Waals surface area contributed by atoms with Gasteiger partial charge in [0.1, 0.15) is 0 Å². The van der Waals surface area contributed by atoms with E-state index in [2.05, 4.69) is 38.2 Å². The molecule has 3 radical (unpaired) electrons. The average molecular weight is 165 g/mol. The summed E-state index contributed by atoms with van der Waals surface area (Å²) in [7, 11) is 0. The van der Waals surface area contributed by atoms with Crippen LogP contribution in [-0.2, 0) is 0 Å². The maximum atomic E-state index is 2.19. The highest BCUT2D eigenvalue weighted by Gasteiger charge is 2.09. The summed E-state index contributed by atoms with van der Waals surface area (Å²) in [5, 5.41) is 0. The van der Waals surface area contributed by atoms with Crippen LogP contribution in [0.5, 0.6) is 0 Å². The van der Waals surface area contributed by atoms with Crippen LogP contribution in [0.3, 0.4) is 0 Å². The fraction of sp³-hybridized carbons (Fsp3) is 0.636. The zero-order valence-electron chi connectivity index (χ0n) is 9.39. The van der Waals surface area contributed by atoms with E-state index in [1.807, 2.05) is 27.7 Å². The Labute approximate surface area is 80.3 Å². The average Bonchev–Trinajstić information content (AvgIpc) is 2.43. The molecule has 0 aromatic carbocycles. The smallest absolute Gasteiger partial charge is 0.00106 e. The third kappa shape index (κ3) is 9.54. The van der Waals surface area contributed by atoms with Gasteiger partial charge in [0.25, 0.3) is 0 Å². The molecule has 69 valence electrons. The maximum Gasteiger partial charge on any atom is 0.00106 e. The first-order valence-electron chi connectivity index (χ1n) is 4.58. The van der Waals surface area contributed by atoms with Crippen molar-refractivity contribution in [3.8, 4) is 0 Å². The van der Waals surface area contributed by atoms with Crippen molar-refractivity contribution in [1.29, 1.82) is 0 Å². The molecule has 12 heavy (non-hydrogen) atoms. The summed E-state index contributed by atoms with van der Waals surface area (Å²) < 4.78 is 0. The first-order valence-corrected chi connectivity index (χ1v) is 4.58. The van der Waals surface area contributed by atoms with Crippen LogP contribution >= 0.6 is 0 Å². The van der Waals surface area contributed by atoms with Gasteiger partial charge in [0.2, 0.25) is 0 Å². The number of hydrogen-bond acceptors (Lipinski definition) is 0. The third-order valence-corrected chi connectivity index (χ3v) is 1.16. The number of rotatable bonds is 0. The molecular weight excluding hydrogens is 143 g/mol. The predicted octanol–water partition coefficient (Wildman–Crippen LogP) is 3.81. The maximum absolute atomic E-state index is 2.19. The molecule has 0 nitrogen and oxygen atoms in total. The highest BCUT2D eigenvalue weighted by Crippen LogP contribution is 2.22. The Hall–Kier alpha value is -0.455. The van der Waals surface area contributed by atoms with E-state index >= 15 is 0 Å². The summed E-state index contributed by atoms with van der Waals surface area (Å²) in [5.74, 6) is 0. The van der Waals surface area contributed by atoms with Crippen molar-refractivity contribution >= 4 is 8.41 Å². The van der Waals surface area contributed by atoms with E-state index in [0.29, 0.717) is 5.41 Å². The molecule has 0 aliphatic heterocycles. The molecule has 1 heteroatoms. The highest BCUT2D eigenvalue weighted by atomic mass is 14.1. The van der Waals surface area contributed by atoms with Gasteiger partial charge in [-0.3, -0.25) is 0 Å². The van der Waals surface area contributed by atoms with Crippen LogP contribution in [0, 0.1) is 5.41 Å². The third-order valence-electron chi connectivity index (χ3n) is 1.16. The molecular formula is C11H22B. The quantitative estimate of drug-likeness (QED) is 0.479. The second-order valence-corrected chi connectivity index (χ2v) is 2.54. The van der Waals surface area contributed by atoms with Gasteiger partial charge >= 0.3 is 0 Å². The summed E-state index contributed by atoms with van der Waals surface area (Å²) in [6, 6.07) is 0. The summed E-state index contributed by atoms with van der Waals surface area (Å²) in [5.41, 5.74) is 0.333. The number of hydrogen-bond donors (Lipinski definition) is 0. The second kappa shape index (κ2) is 10.5. The minimum absolute atomic E-state index is 0. The van der Waals surface area contributed by atoms with Gasteiger partial charge in [-0.25, -0.2) is 0 Å². The molecule has 0 unspecified atom stereocenters. The zero-order chi connectivity index (χ0) is 9.33. The van der Waals surface area contributed by atoms with Crippen molar-refractivity contribution in [3.63, 3.8) is 0 Å². The van der Waals surface area contributed by atoms with Crippen LogP contribution in [0.15, 0.2) is 24.3 Å². The van der Waals surface area contributed by atoms with E-state index < -0.39 is 0 Å². The van der Waals surface area contributed by atoms with Crippen molar-refractivity contribution in [2.24, 2.45) is 5.41 Å². The normalized spacial score (nSPS) is 14.8. The van der Waals surface area contributed by atoms with Crippen molar-refractivity contribution in [1.82, 2.24) is 0 Å². The van der Waals surface area contributed by atoms with Crippen LogP contribution in [0.2, 0.25) is 0 Å². The molecule has 0 atom stereocenters. The lowest BCUT2D eigenvalue weighted by atomic mass is 9.97. The molecule has 0 N–H and O–H groups in total. The SMILES string of the molecule is CC.CC.CC1(C)C=CC=C1.[B]. The molecule has 0 bridgehead atoms. The molecule has 0 amide bonds. The van der Waals surface area contributed by atoms with Crippen molar-refractivity contribution < 1.29 is 0 Å². The van der Waals surface area contributed by atoms with Crippen molar-refractivity contribution in [2.75, 3.05) is 0 Å². The summed E-state index contributed by atoms with van der Waals surface area (Å²) in [6.07, 6.45) is 8.54. The van der Waals surface area contributed by atoms with Crippen molar-refractivity contribution in [2.45, 2.75) is 41.5 Å². The first kappa shape index (κ1) is 17.6. The summed E-state index contributed by atoms with van der Waals surface area (Å²) in [4.78, 5) is 0. The van der Waals surface area contributed by atoms with Gasteiger partial charge in [0.15, 0.2) is 0 Å². The lowest BCUT2D eigenvalue weighted by Crippen LogP contribution is -1.97. The molecule has 0 saturated heterocycles. The predicted molar refractivity (Wildman–Crippen MR) is 60.5 cm³/mol. The van der Waals surface area contributed by atoms with E-state index in [9.17, 15) is 0 Å². The zero-order valence-corrected chi connectivity index (χ0v) is 9.39. The van der Waals surface area contributed by atoms with E-state index in [0.717, 1.165) is 0 Å². The standard InChI is InChI=1S/C7H10.2C2H6.B/c1-7(2)5-3-4-6-7;2*1-2;/h3-6H,1-2H3;2*1-2H3;. The van der Waals surface area contributed by atoms with E-state index in [1.54, 1.807) is 0 Å².